The largest absolute Gasteiger partial charge is 0.465 e. The number of nitrogens with zero attached hydrogens (tertiary/aromatic N) is 2. The van der Waals surface area contributed by atoms with Crippen LogP contribution in [0, 0.1) is 0 Å². The normalized spacial score (nSPS) is 11.4. The number of rotatable bonds is 4. The molecule has 2 aromatic rings. The molecule has 2 rings (SSSR count). The van der Waals surface area contributed by atoms with Crippen molar-refractivity contribution in [1.82, 2.24) is 9.78 Å². The Balaban J connectivity index is 2.55. The van der Waals surface area contributed by atoms with Gasteiger partial charge in [-0.3, -0.25) is 14.3 Å². The molecule has 0 saturated carbocycles. The van der Waals surface area contributed by atoms with Crippen molar-refractivity contribution in [3.63, 3.8) is 0 Å². The van der Waals surface area contributed by atoms with Gasteiger partial charge in [-0.05, 0) is 32.9 Å². The second kappa shape index (κ2) is 6.43. The van der Waals surface area contributed by atoms with Crippen molar-refractivity contribution in [3.8, 4) is 0 Å². The molecule has 1 heterocycles. The fourth-order valence-corrected chi connectivity index (χ4v) is 2.37. The van der Waals surface area contributed by atoms with E-state index in [1.165, 1.54) is 18.7 Å². The first kappa shape index (κ1) is 17.7. The molecule has 0 aliphatic heterocycles. The van der Waals surface area contributed by atoms with E-state index in [2.05, 4.69) is 5.10 Å². The van der Waals surface area contributed by atoms with Crippen LogP contribution in [0.15, 0.2) is 18.2 Å². The summed E-state index contributed by atoms with van der Waals surface area (Å²) in [5.74, 6) is -1.36. The van der Waals surface area contributed by atoms with E-state index in [9.17, 15) is 14.4 Å². The Labute approximate surface area is 139 Å². The van der Waals surface area contributed by atoms with Crippen LogP contribution in [-0.4, -0.2) is 40.2 Å². The summed E-state index contributed by atoms with van der Waals surface area (Å²) >= 11 is 0. The molecule has 7 heteroatoms. The second-order valence-corrected chi connectivity index (χ2v) is 6.34. The highest BCUT2D eigenvalue weighted by molar-refractivity contribution is 6.13. The van der Waals surface area contributed by atoms with Gasteiger partial charge >= 0.3 is 11.9 Å². The number of carbonyl (C=O) groups excluding carboxylic acids is 3. The topological polar surface area (TPSA) is 87.5 Å². The highest BCUT2D eigenvalue weighted by Gasteiger charge is 2.23. The third-order valence-corrected chi connectivity index (χ3v) is 3.22. The van der Waals surface area contributed by atoms with Gasteiger partial charge in [-0.1, -0.05) is 6.07 Å². The molecule has 0 N–H and O–H groups in total. The van der Waals surface area contributed by atoms with Crippen molar-refractivity contribution >= 4 is 28.6 Å². The van der Waals surface area contributed by atoms with E-state index < -0.39 is 17.5 Å². The summed E-state index contributed by atoms with van der Waals surface area (Å²) in [5, 5.41) is 4.57. The maximum absolute atomic E-state index is 12.1. The summed E-state index contributed by atoms with van der Waals surface area (Å²) < 4.78 is 11.4. The Kier molecular flexibility index (Phi) is 4.73. The lowest BCUT2D eigenvalue weighted by molar-refractivity contribution is -0.155. The van der Waals surface area contributed by atoms with Gasteiger partial charge in [0.25, 0.3) is 0 Å². The number of methoxy groups -OCH3 is 1. The average Bonchev–Trinajstić information content (AvgIpc) is 2.83. The van der Waals surface area contributed by atoms with Crippen LogP contribution < -0.4 is 0 Å². The minimum Gasteiger partial charge on any atom is -0.465 e. The van der Waals surface area contributed by atoms with Gasteiger partial charge in [0.05, 0.1) is 18.2 Å². The first-order chi connectivity index (χ1) is 11.1. The van der Waals surface area contributed by atoms with Crippen molar-refractivity contribution in [3.05, 3.63) is 29.5 Å². The van der Waals surface area contributed by atoms with E-state index in [0.717, 1.165) is 0 Å². The standard InChI is InChI=1S/C17H20N2O5/c1-10(20)15-14-11(16(22)23-5)7-6-8-12(14)19(18-15)9-13(21)24-17(2,3)4/h6-8H,9H2,1-5H3. The number of hydrogen-bond donors (Lipinski definition) is 0. The van der Waals surface area contributed by atoms with Crippen LogP contribution in [0.3, 0.4) is 0 Å². The van der Waals surface area contributed by atoms with Gasteiger partial charge in [-0.15, -0.1) is 0 Å². The molecule has 0 atom stereocenters. The molecule has 0 saturated heterocycles. The van der Waals surface area contributed by atoms with Gasteiger partial charge in [0, 0.05) is 12.3 Å². The maximum Gasteiger partial charge on any atom is 0.338 e. The van der Waals surface area contributed by atoms with Crippen molar-refractivity contribution in [1.29, 1.82) is 0 Å². The maximum atomic E-state index is 12.1. The average molecular weight is 332 g/mol. The van der Waals surface area contributed by atoms with Gasteiger partial charge < -0.3 is 9.47 Å². The Hall–Kier alpha value is -2.70. The van der Waals surface area contributed by atoms with Crippen molar-refractivity contribution in [2.45, 2.75) is 39.8 Å². The molecule has 24 heavy (non-hydrogen) atoms. The predicted octanol–water partition coefficient (Wildman–Crippen LogP) is 2.37. The van der Waals surface area contributed by atoms with E-state index in [4.69, 9.17) is 9.47 Å². The number of ketones is 1. The van der Waals surface area contributed by atoms with Crippen LogP contribution in [0.1, 0.15) is 48.5 Å². The molecule has 7 nitrogen and oxygen atoms in total. The Morgan fingerprint density at radius 3 is 2.42 bits per heavy atom. The highest BCUT2D eigenvalue weighted by atomic mass is 16.6. The summed E-state index contributed by atoms with van der Waals surface area (Å²) in [5.41, 5.74) is 0.222. The lowest BCUT2D eigenvalue weighted by atomic mass is 10.1. The fraction of sp³-hybridized carbons (Fsp3) is 0.412. The van der Waals surface area contributed by atoms with Gasteiger partial charge in [-0.2, -0.15) is 5.10 Å². The molecule has 1 aromatic heterocycles. The van der Waals surface area contributed by atoms with E-state index in [1.807, 2.05) is 0 Å². The SMILES string of the molecule is COC(=O)c1cccc2c1c(C(C)=O)nn2CC(=O)OC(C)(C)C. The lowest BCUT2D eigenvalue weighted by Gasteiger charge is -2.19. The predicted molar refractivity (Wildman–Crippen MR) is 86.9 cm³/mol. The highest BCUT2D eigenvalue weighted by Crippen LogP contribution is 2.24. The van der Waals surface area contributed by atoms with Crippen LogP contribution >= 0.6 is 0 Å². The van der Waals surface area contributed by atoms with Crippen LogP contribution in [0.25, 0.3) is 10.9 Å². The quantitative estimate of drug-likeness (QED) is 0.631. The fourth-order valence-electron chi connectivity index (χ4n) is 2.37. The Morgan fingerprint density at radius 2 is 1.88 bits per heavy atom. The molecule has 0 spiro atoms. The number of fused-ring (bicyclic) bond motifs is 1. The van der Waals surface area contributed by atoms with Crippen LogP contribution in [-0.2, 0) is 20.8 Å². The first-order valence-corrected chi connectivity index (χ1v) is 7.44. The third-order valence-electron chi connectivity index (χ3n) is 3.22. The minimum atomic E-state index is -0.624. The van der Waals surface area contributed by atoms with E-state index in [-0.39, 0.29) is 23.6 Å². The van der Waals surface area contributed by atoms with Crippen LogP contribution in [0.5, 0.6) is 0 Å². The summed E-state index contributed by atoms with van der Waals surface area (Å²) in [4.78, 5) is 35.9. The Morgan fingerprint density at radius 1 is 1.21 bits per heavy atom. The lowest BCUT2D eigenvalue weighted by Crippen LogP contribution is -2.26. The monoisotopic (exact) mass is 332 g/mol. The molecule has 128 valence electrons. The molecule has 0 unspecified atom stereocenters. The number of benzene rings is 1. The van der Waals surface area contributed by atoms with Crippen LogP contribution in [0.4, 0.5) is 0 Å². The number of carbonyl (C=O) groups is 3. The van der Waals surface area contributed by atoms with Gasteiger partial charge in [0.15, 0.2) is 5.78 Å². The molecular formula is C17H20N2O5. The number of esters is 2. The molecule has 0 aliphatic rings. The van der Waals surface area contributed by atoms with Crippen molar-refractivity contribution in [2.75, 3.05) is 7.11 Å². The van der Waals surface area contributed by atoms with Gasteiger partial charge in [-0.25, -0.2) is 4.79 Å². The minimum absolute atomic E-state index is 0.120. The molecular weight excluding hydrogens is 312 g/mol. The zero-order chi connectivity index (χ0) is 18.1. The summed E-state index contributed by atoms with van der Waals surface area (Å²) in [7, 11) is 1.26. The zero-order valence-electron chi connectivity index (χ0n) is 14.4. The van der Waals surface area contributed by atoms with E-state index in [0.29, 0.717) is 10.9 Å². The molecule has 0 amide bonds. The summed E-state index contributed by atoms with van der Waals surface area (Å²) in [6, 6.07) is 4.89. The van der Waals surface area contributed by atoms with Crippen molar-refractivity contribution in [2.24, 2.45) is 0 Å². The van der Waals surface area contributed by atoms with Crippen LogP contribution in [0.2, 0.25) is 0 Å². The third kappa shape index (κ3) is 3.61. The smallest absolute Gasteiger partial charge is 0.338 e. The Bertz CT molecular complexity index is 814. The summed E-state index contributed by atoms with van der Waals surface area (Å²) in [6.45, 7) is 6.49. The molecule has 1 aromatic carbocycles. The number of hydrogen-bond acceptors (Lipinski definition) is 6. The molecule has 0 radical (unpaired) electrons. The zero-order valence-corrected chi connectivity index (χ0v) is 14.4. The number of ether oxygens (including phenoxy) is 2. The second-order valence-electron chi connectivity index (χ2n) is 6.34. The van der Waals surface area contributed by atoms with E-state index >= 15 is 0 Å². The van der Waals surface area contributed by atoms with Gasteiger partial charge in [0.2, 0.25) is 0 Å². The molecule has 0 bridgehead atoms. The molecule has 0 aliphatic carbocycles. The number of Topliss-reactive ketones (excluding diaryl/α,β-unsaturated/α-hetero) is 1. The van der Waals surface area contributed by atoms with E-state index in [1.54, 1.807) is 39.0 Å². The number of aromatic nitrogens is 2. The summed E-state index contributed by atoms with van der Waals surface area (Å²) in [6.07, 6.45) is 0. The van der Waals surface area contributed by atoms with Crippen molar-refractivity contribution < 1.29 is 23.9 Å². The first-order valence-electron chi connectivity index (χ1n) is 7.44. The van der Waals surface area contributed by atoms with Gasteiger partial charge in [0.1, 0.15) is 17.8 Å². The molecule has 0 fully saturated rings.